The second-order valence-electron chi connectivity index (χ2n) is 8.36. The van der Waals surface area contributed by atoms with Crippen LogP contribution in [-0.4, -0.2) is 49.7 Å². The van der Waals surface area contributed by atoms with Crippen LogP contribution in [-0.2, 0) is 4.79 Å². The normalized spacial score (nSPS) is 15.1. The number of fused-ring (bicyclic) bond motifs is 1. The molecule has 0 unspecified atom stereocenters. The van der Waals surface area contributed by atoms with Gasteiger partial charge in [-0.25, -0.2) is 0 Å². The minimum Gasteiger partial charge on any atom is -0.355 e. The van der Waals surface area contributed by atoms with Gasteiger partial charge in [0, 0.05) is 30.1 Å². The van der Waals surface area contributed by atoms with Crippen molar-refractivity contribution in [3.05, 3.63) is 48.0 Å². The van der Waals surface area contributed by atoms with Gasteiger partial charge >= 0.3 is 0 Å². The second kappa shape index (κ2) is 7.94. The molecule has 0 radical (unpaired) electrons. The number of carbonyl (C=O) groups excluding carboxylic acids is 1. The van der Waals surface area contributed by atoms with Gasteiger partial charge in [0.05, 0.1) is 5.39 Å². The lowest BCUT2D eigenvalue weighted by Gasteiger charge is -2.33. The number of nitrogens with one attached hydrogen (secondary N) is 1. The van der Waals surface area contributed by atoms with Gasteiger partial charge in [0.1, 0.15) is 5.52 Å². The molecule has 31 heavy (non-hydrogen) atoms. The SMILES string of the molecule is CC(C)C(=O)N1CCC(c2ccc(-c3onc4ccc(-c5nn[nH]n5)cc34)cc2)CC1. The average Bonchev–Trinajstić information content (AvgIpc) is 3.48. The number of benzene rings is 2. The topological polar surface area (TPSA) is 101 Å². The minimum absolute atomic E-state index is 0.0631. The molecule has 0 bridgehead atoms. The number of tetrazole rings is 1. The molecule has 0 saturated carbocycles. The number of likely N-dealkylation sites (tertiary alicyclic amines) is 1. The molecular weight excluding hydrogens is 392 g/mol. The van der Waals surface area contributed by atoms with E-state index in [1.807, 2.05) is 36.9 Å². The number of hydrogen-bond acceptors (Lipinski definition) is 6. The summed E-state index contributed by atoms with van der Waals surface area (Å²) in [4.78, 5) is 14.2. The van der Waals surface area contributed by atoms with Crippen LogP contribution in [0.4, 0.5) is 0 Å². The number of rotatable bonds is 4. The van der Waals surface area contributed by atoms with Gasteiger partial charge in [-0.2, -0.15) is 5.21 Å². The molecule has 5 rings (SSSR count). The zero-order valence-electron chi connectivity index (χ0n) is 17.6. The molecular formula is C23H24N6O2. The first-order valence-corrected chi connectivity index (χ1v) is 10.6. The van der Waals surface area contributed by atoms with Crippen LogP contribution in [0.25, 0.3) is 33.6 Å². The van der Waals surface area contributed by atoms with Crippen molar-refractivity contribution >= 4 is 16.8 Å². The van der Waals surface area contributed by atoms with E-state index in [2.05, 4.69) is 50.0 Å². The summed E-state index contributed by atoms with van der Waals surface area (Å²) in [6.45, 7) is 5.58. The fourth-order valence-electron chi connectivity index (χ4n) is 4.28. The Morgan fingerprint density at radius 3 is 2.52 bits per heavy atom. The van der Waals surface area contributed by atoms with Gasteiger partial charge in [-0.1, -0.05) is 43.3 Å². The predicted molar refractivity (Wildman–Crippen MR) is 116 cm³/mol. The van der Waals surface area contributed by atoms with Crippen LogP contribution in [0.1, 0.15) is 38.2 Å². The molecule has 3 heterocycles. The van der Waals surface area contributed by atoms with Crippen molar-refractivity contribution in [2.24, 2.45) is 5.92 Å². The van der Waals surface area contributed by atoms with E-state index in [1.165, 1.54) is 5.56 Å². The Bertz CT molecular complexity index is 1190. The smallest absolute Gasteiger partial charge is 0.225 e. The molecule has 2 aromatic carbocycles. The van der Waals surface area contributed by atoms with E-state index in [0.29, 0.717) is 11.7 Å². The Labute approximate surface area is 179 Å². The third-order valence-corrected chi connectivity index (χ3v) is 6.02. The number of H-pyrrole nitrogens is 1. The van der Waals surface area contributed by atoms with Crippen LogP contribution in [0.15, 0.2) is 47.0 Å². The summed E-state index contributed by atoms with van der Waals surface area (Å²) in [6, 6.07) is 14.3. The summed E-state index contributed by atoms with van der Waals surface area (Å²) in [5.74, 6) is 2.05. The van der Waals surface area contributed by atoms with Gasteiger partial charge in [0.25, 0.3) is 0 Å². The highest BCUT2D eigenvalue weighted by Gasteiger charge is 2.25. The molecule has 158 valence electrons. The van der Waals surface area contributed by atoms with Crippen LogP contribution < -0.4 is 0 Å². The van der Waals surface area contributed by atoms with Gasteiger partial charge in [-0.15, -0.1) is 10.2 Å². The number of nitrogens with zero attached hydrogens (tertiary/aromatic N) is 5. The highest BCUT2D eigenvalue weighted by molar-refractivity contribution is 5.94. The Morgan fingerprint density at radius 2 is 1.84 bits per heavy atom. The van der Waals surface area contributed by atoms with E-state index in [4.69, 9.17) is 4.52 Å². The van der Waals surface area contributed by atoms with Gasteiger partial charge < -0.3 is 9.42 Å². The zero-order valence-corrected chi connectivity index (χ0v) is 17.6. The molecule has 8 nitrogen and oxygen atoms in total. The number of aromatic amines is 1. The number of piperidine rings is 1. The van der Waals surface area contributed by atoms with Crippen molar-refractivity contribution in [1.82, 2.24) is 30.7 Å². The quantitative estimate of drug-likeness (QED) is 0.539. The lowest BCUT2D eigenvalue weighted by Crippen LogP contribution is -2.40. The fourth-order valence-corrected chi connectivity index (χ4v) is 4.28. The Kier molecular flexibility index (Phi) is 4.97. The third-order valence-electron chi connectivity index (χ3n) is 6.02. The first-order chi connectivity index (χ1) is 15.1. The lowest BCUT2D eigenvalue weighted by atomic mass is 9.88. The van der Waals surface area contributed by atoms with Crippen LogP contribution >= 0.6 is 0 Å². The molecule has 0 atom stereocenters. The average molecular weight is 416 g/mol. The molecule has 0 aliphatic carbocycles. The van der Waals surface area contributed by atoms with E-state index in [9.17, 15) is 4.79 Å². The second-order valence-corrected chi connectivity index (χ2v) is 8.36. The summed E-state index contributed by atoms with van der Waals surface area (Å²) >= 11 is 0. The van der Waals surface area contributed by atoms with Gasteiger partial charge in [0.2, 0.25) is 11.7 Å². The van der Waals surface area contributed by atoms with Crippen molar-refractivity contribution in [2.45, 2.75) is 32.6 Å². The maximum absolute atomic E-state index is 12.2. The summed E-state index contributed by atoms with van der Waals surface area (Å²) in [7, 11) is 0. The molecule has 2 aromatic heterocycles. The first kappa shape index (κ1) is 19.4. The van der Waals surface area contributed by atoms with Gasteiger partial charge in [-0.05, 0) is 47.7 Å². The molecule has 1 N–H and O–H groups in total. The van der Waals surface area contributed by atoms with E-state index in [-0.39, 0.29) is 11.8 Å². The van der Waals surface area contributed by atoms with E-state index >= 15 is 0 Å². The van der Waals surface area contributed by atoms with Crippen molar-refractivity contribution in [3.8, 4) is 22.7 Å². The van der Waals surface area contributed by atoms with Gasteiger partial charge in [-0.3, -0.25) is 4.79 Å². The third kappa shape index (κ3) is 3.69. The molecule has 1 saturated heterocycles. The van der Waals surface area contributed by atoms with Crippen LogP contribution in [0.3, 0.4) is 0 Å². The van der Waals surface area contributed by atoms with E-state index < -0.39 is 0 Å². The van der Waals surface area contributed by atoms with E-state index in [0.717, 1.165) is 53.7 Å². The van der Waals surface area contributed by atoms with E-state index in [1.54, 1.807) is 0 Å². The summed E-state index contributed by atoms with van der Waals surface area (Å²) in [6.07, 6.45) is 1.99. The largest absolute Gasteiger partial charge is 0.355 e. The van der Waals surface area contributed by atoms with Gasteiger partial charge in [0.15, 0.2) is 5.76 Å². The Balaban J connectivity index is 1.35. The number of carbonyl (C=O) groups is 1. The molecule has 1 amide bonds. The zero-order chi connectivity index (χ0) is 21.4. The van der Waals surface area contributed by atoms with Crippen molar-refractivity contribution < 1.29 is 9.32 Å². The monoisotopic (exact) mass is 416 g/mol. The van der Waals surface area contributed by atoms with Crippen molar-refractivity contribution in [1.29, 1.82) is 0 Å². The summed E-state index contributed by atoms with van der Waals surface area (Å²) in [5.41, 5.74) is 3.92. The minimum atomic E-state index is 0.0631. The molecule has 8 heteroatoms. The molecule has 1 aliphatic rings. The number of amides is 1. The maximum Gasteiger partial charge on any atom is 0.225 e. The molecule has 1 aliphatic heterocycles. The Morgan fingerprint density at radius 1 is 1.10 bits per heavy atom. The molecule has 0 spiro atoms. The summed E-state index contributed by atoms with van der Waals surface area (Å²) < 4.78 is 5.66. The van der Waals surface area contributed by atoms with Crippen molar-refractivity contribution in [3.63, 3.8) is 0 Å². The predicted octanol–water partition coefficient (Wildman–Crippen LogP) is 4.04. The summed E-state index contributed by atoms with van der Waals surface area (Å²) in [5, 5.41) is 19.3. The lowest BCUT2D eigenvalue weighted by molar-refractivity contribution is -0.135. The van der Waals surface area contributed by atoms with Crippen LogP contribution in [0.2, 0.25) is 0 Å². The standard InChI is InChI=1S/C23H24N6O2/c1-14(2)23(30)29-11-9-16(10-12-29)15-3-5-17(6-4-15)21-19-13-18(22-24-27-28-25-22)7-8-20(19)26-31-21/h3-8,13-14,16H,9-12H2,1-2H3,(H,24,25,27,28). The van der Waals surface area contributed by atoms with Crippen LogP contribution in [0, 0.1) is 5.92 Å². The number of aromatic nitrogens is 5. The van der Waals surface area contributed by atoms with Crippen molar-refractivity contribution in [2.75, 3.05) is 13.1 Å². The highest BCUT2D eigenvalue weighted by atomic mass is 16.5. The maximum atomic E-state index is 12.2. The highest BCUT2D eigenvalue weighted by Crippen LogP contribution is 2.34. The Hall–Kier alpha value is -3.55. The molecule has 1 fully saturated rings. The molecule has 4 aromatic rings. The van der Waals surface area contributed by atoms with Crippen LogP contribution in [0.5, 0.6) is 0 Å². The first-order valence-electron chi connectivity index (χ1n) is 10.6. The fraction of sp³-hybridized carbons (Fsp3) is 0.348. The number of hydrogen-bond donors (Lipinski definition) is 1.